The van der Waals surface area contributed by atoms with Crippen LogP contribution in [0.4, 0.5) is 11.4 Å². The molecule has 0 atom stereocenters. The zero-order valence-electron chi connectivity index (χ0n) is 12.1. The Morgan fingerprint density at radius 2 is 2.14 bits per heavy atom. The number of aromatic nitrogens is 1. The molecule has 0 unspecified atom stereocenters. The smallest absolute Gasteiger partial charge is 0.229 e. The average Bonchev–Trinajstić information content (AvgIpc) is 2.72. The van der Waals surface area contributed by atoms with Gasteiger partial charge in [-0.3, -0.25) is 4.79 Å². The van der Waals surface area contributed by atoms with E-state index in [-0.39, 0.29) is 30.0 Å². The number of benzene rings is 1. The van der Waals surface area contributed by atoms with Gasteiger partial charge in [0.2, 0.25) is 11.1 Å². The van der Waals surface area contributed by atoms with Crippen LogP contribution in [0, 0.1) is 13.8 Å². The predicted octanol–water partition coefficient (Wildman–Crippen LogP) is 4.28. The monoisotopic (exact) mass is 407 g/mol. The summed E-state index contributed by atoms with van der Waals surface area (Å²) in [4.78, 5) is 12.0. The Balaban J connectivity index is 0.00000242. The van der Waals surface area contributed by atoms with Crippen LogP contribution in [0.1, 0.15) is 23.2 Å². The van der Waals surface area contributed by atoms with E-state index in [1.54, 1.807) is 13.0 Å². The van der Waals surface area contributed by atoms with Crippen molar-refractivity contribution in [2.24, 2.45) is 0 Å². The number of halogens is 3. The number of nitrogens with two attached hydrogens (primary N) is 1. The minimum atomic E-state index is -0.143. The molecular formula is C14H16BrCl2N3O2. The number of carbonyl (C=O) groups excluding carboxylic acids is 1. The minimum Gasteiger partial charge on any atom is -0.397 e. The minimum absolute atomic E-state index is 0. The van der Waals surface area contributed by atoms with Crippen LogP contribution in [0.3, 0.4) is 0 Å². The fourth-order valence-electron chi connectivity index (χ4n) is 1.95. The molecule has 0 bridgehead atoms. The molecule has 120 valence electrons. The van der Waals surface area contributed by atoms with Gasteiger partial charge in [-0.2, -0.15) is 0 Å². The Morgan fingerprint density at radius 3 is 2.73 bits per heavy atom. The lowest BCUT2D eigenvalue weighted by atomic mass is 10.1. The number of nitrogen functional groups attached to an aromatic ring is 1. The number of hydrogen-bond acceptors (Lipinski definition) is 4. The Kier molecular flexibility index (Phi) is 6.71. The Labute approximate surface area is 148 Å². The van der Waals surface area contributed by atoms with E-state index in [1.165, 1.54) is 0 Å². The summed E-state index contributed by atoms with van der Waals surface area (Å²) < 4.78 is 5.72. The predicted molar refractivity (Wildman–Crippen MR) is 93.7 cm³/mol. The first kappa shape index (κ1) is 18.8. The van der Waals surface area contributed by atoms with Crippen LogP contribution in [-0.4, -0.2) is 11.1 Å². The maximum absolute atomic E-state index is 12.0. The fourth-order valence-corrected chi connectivity index (χ4v) is 2.79. The highest BCUT2D eigenvalue weighted by Gasteiger charge is 2.14. The lowest BCUT2D eigenvalue weighted by Gasteiger charge is -2.11. The molecule has 2 aromatic rings. The van der Waals surface area contributed by atoms with Crippen molar-refractivity contribution in [1.29, 1.82) is 0 Å². The first-order chi connectivity index (χ1) is 9.88. The molecule has 0 spiro atoms. The number of nitrogens with one attached hydrogen (secondary N) is 1. The molecule has 0 fully saturated rings. The van der Waals surface area contributed by atoms with Crippen molar-refractivity contribution in [1.82, 2.24) is 5.16 Å². The van der Waals surface area contributed by atoms with E-state index in [0.717, 1.165) is 15.6 Å². The van der Waals surface area contributed by atoms with Crippen LogP contribution >= 0.6 is 39.9 Å². The highest BCUT2D eigenvalue weighted by molar-refractivity contribution is 9.10. The summed E-state index contributed by atoms with van der Waals surface area (Å²) in [5, 5.41) is 6.79. The molecule has 5 nitrogen and oxygen atoms in total. The maximum Gasteiger partial charge on any atom is 0.229 e. The fraction of sp³-hybridized carbons (Fsp3) is 0.286. The standard InChI is InChI=1S/C14H15BrClN3O2.ClH/c1-7-5-9(15)6-11(13(7)17)18-12(20)4-3-10-8(2)19-21-14(10)16;/h5-6H,3-4,17H2,1-2H3,(H,18,20);1H. The Hall–Kier alpha value is -1.24. The number of nitrogens with zero attached hydrogens (tertiary/aromatic N) is 1. The highest BCUT2D eigenvalue weighted by Crippen LogP contribution is 2.28. The van der Waals surface area contributed by atoms with Crippen molar-refractivity contribution < 1.29 is 9.32 Å². The molecule has 1 aromatic heterocycles. The Bertz CT molecular complexity index is 669. The van der Waals surface area contributed by atoms with Crippen molar-refractivity contribution in [2.45, 2.75) is 26.7 Å². The molecule has 1 heterocycles. The molecule has 0 aliphatic heterocycles. The van der Waals surface area contributed by atoms with Gasteiger partial charge in [0, 0.05) is 16.5 Å². The molecule has 3 N–H and O–H groups in total. The third kappa shape index (κ3) is 4.38. The molecule has 0 radical (unpaired) electrons. The number of aryl methyl sites for hydroxylation is 2. The zero-order valence-corrected chi connectivity index (χ0v) is 15.2. The van der Waals surface area contributed by atoms with Gasteiger partial charge in [0.15, 0.2) is 0 Å². The molecule has 8 heteroatoms. The zero-order chi connectivity index (χ0) is 15.6. The topological polar surface area (TPSA) is 81.2 Å². The van der Waals surface area contributed by atoms with Gasteiger partial charge in [-0.05, 0) is 49.6 Å². The van der Waals surface area contributed by atoms with Crippen molar-refractivity contribution >= 4 is 57.2 Å². The van der Waals surface area contributed by atoms with Gasteiger partial charge in [0.25, 0.3) is 0 Å². The van der Waals surface area contributed by atoms with Crippen LogP contribution < -0.4 is 11.1 Å². The van der Waals surface area contributed by atoms with E-state index < -0.39 is 0 Å². The van der Waals surface area contributed by atoms with Crippen LogP contribution in [0.15, 0.2) is 21.1 Å². The van der Waals surface area contributed by atoms with Crippen molar-refractivity contribution in [3.8, 4) is 0 Å². The number of rotatable bonds is 4. The highest BCUT2D eigenvalue weighted by atomic mass is 79.9. The third-order valence-corrected chi connectivity index (χ3v) is 3.92. The molecule has 0 aliphatic carbocycles. The second-order valence-electron chi connectivity index (χ2n) is 4.75. The second kappa shape index (κ2) is 7.85. The van der Waals surface area contributed by atoms with Crippen molar-refractivity contribution in [2.75, 3.05) is 11.1 Å². The lowest BCUT2D eigenvalue weighted by Crippen LogP contribution is -2.14. The van der Waals surface area contributed by atoms with Crippen LogP contribution in [0.5, 0.6) is 0 Å². The van der Waals surface area contributed by atoms with Crippen molar-refractivity contribution in [3.05, 3.63) is 38.6 Å². The van der Waals surface area contributed by atoms with E-state index in [2.05, 4.69) is 26.4 Å². The van der Waals surface area contributed by atoms with Crippen molar-refractivity contribution in [3.63, 3.8) is 0 Å². The van der Waals surface area contributed by atoms with E-state index in [4.69, 9.17) is 21.9 Å². The molecule has 0 saturated heterocycles. The van der Waals surface area contributed by atoms with E-state index >= 15 is 0 Å². The van der Waals surface area contributed by atoms with E-state index in [0.29, 0.717) is 23.5 Å². The Morgan fingerprint density at radius 1 is 1.45 bits per heavy atom. The maximum atomic E-state index is 12.0. The number of hydrogen-bond donors (Lipinski definition) is 2. The van der Waals surface area contributed by atoms with Crippen LogP contribution in [-0.2, 0) is 11.2 Å². The van der Waals surface area contributed by atoms with Gasteiger partial charge in [-0.1, -0.05) is 21.1 Å². The van der Waals surface area contributed by atoms with Gasteiger partial charge < -0.3 is 15.6 Å². The molecule has 0 aliphatic rings. The summed E-state index contributed by atoms with van der Waals surface area (Å²) in [6, 6.07) is 3.67. The quantitative estimate of drug-likeness (QED) is 0.739. The molecule has 1 aromatic carbocycles. The summed E-state index contributed by atoms with van der Waals surface area (Å²) in [5.41, 5.74) is 9.47. The second-order valence-corrected chi connectivity index (χ2v) is 6.01. The first-order valence-electron chi connectivity index (χ1n) is 6.34. The summed E-state index contributed by atoms with van der Waals surface area (Å²) in [6.45, 7) is 3.67. The molecular weight excluding hydrogens is 393 g/mol. The SMILES string of the molecule is Cc1cc(Br)cc(NC(=O)CCc2c(C)noc2Cl)c1N.Cl. The van der Waals surface area contributed by atoms with E-state index in [1.807, 2.05) is 13.0 Å². The largest absolute Gasteiger partial charge is 0.397 e. The van der Waals surface area contributed by atoms with Crippen LogP contribution in [0.2, 0.25) is 5.22 Å². The number of anilines is 2. The average molecular weight is 409 g/mol. The third-order valence-electron chi connectivity index (χ3n) is 3.16. The van der Waals surface area contributed by atoms with Gasteiger partial charge in [-0.25, -0.2) is 0 Å². The normalized spacial score (nSPS) is 10.2. The number of carbonyl (C=O) groups is 1. The molecule has 22 heavy (non-hydrogen) atoms. The summed E-state index contributed by atoms with van der Waals surface area (Å²) in [6.07, 6.45) is 0.736. The summed E-state index contributed by atoms with van der Waals surface area (Å²) in [7, 11) is 0. The molecule has 1 amide bonds. The van der Waals surface area contributed by atoms with Gasteiger partial charge in [-0.15, -0.1) is 12.4 Å². The van der Waals surface area contributed by atoms with E-state index in [9.17, 15) is 4.79 Å². The van der Waals surface area contributed by atoms with Gasteiger partial charge in [0.05, 0.1) is 17.1 Å². The van der Waals surface area contributed by atoms with Gasteiger partial charge >= 0.3 is 0 Å². The summed E-state index contributed by atoms with van der Waals surface area (Å²) >= 11 is 9.25. The van der Waals surface area contributed by atoms with Gasteiger partial charge in [0.1, 0.15) is 0 Å². The number of amides is 1. The summed E-state index contributed by atoms with van der Waals surface area (Å²) in [5.74, 6) is -0.143. The lowest BCUT2D eigenvalue weighted by molar-refractivity contribution is -0.116. The molecule has 2 rings (SSSR count). The molecule has 0 saturated carbocycles. The first-order valence-corrected chi connectivity index (χ1v) is 7.51. The van der Waals surface area contributed by atoms with Crippen LogP contribution in [0.25, 0.3) is 0 Å².